The van der Waals surface area contributed by atoms with Crippen LogP contribution in [0.4, 0.5) is 0 Å². The lowest BCUT2D eigenvalue weighted by atomic mass is 9.87. The highest BCUT2D eigenvalue weighted by atomic mass is 127. The van der Waals surface area contributed by atoms with Gasteiger partial charge in [0.05, 0.1) is 6.61 Å². The van der Waals surface area contributed by atoms with Gasteiger partial charge in [-0.1, -0.05) is 30.3 Å². The molecule has 0 bridgehead atoms. The Bertz CT molecular complexity index is 636. The molecule has 0 saturated heterocycles. The normalized spacial score (nSPS) is 17.1. The van der Waals surface area contributed by atoms with Crippen molar-refractivity contribution in [2.45, 2.75) is 18.8 Å². The van der Waals surface area contributed by atoms with Crippen LogP contribution in [0.1, 0.15) is 34.7 Å². The molecule has 102 valence electrons. The van der Waals surface area contributed by atoms with Crippen LogP contribution in [0.2, 0.25) is 0 Å². The monoisotopic (exact) mass is 378 g/mol. The van der Waals surface area contributed by atoms with Crippen molar-refractivity contribution in [2.24, 2.45) is 0 Å². The summed E-state index contributed by atoms with van der Waals surface area (Å²) in [6.07, 6.45) is 1.47. The van der Waals surface area contributed by atoms with Gasteiger partial charge in [0, 0.05) is 15.6 Å². The number of hydrogen-bond donors (Lipinski definition) is 0. The lowest BCUT2D eigenvalue weighted by molar-refractivity contribution is 0.0966. The van der Waals surface area contributed by atoms with E-state index in [0.717, 1.165) is 26.9 Å². The van der Waals surface area contributed by atoms with Gasteiger partial charge < -0.3 is 4.74 Å². The molecule has 1 heterocycles. The van der Waals surface area contributed by atoms with E-state index in [1.165, 1.54) is 0 Å². The van der Waals surface area contributed by atoms with Gasteiger partial charge in [-0.15, -0.1) is 0 Å². The Hall–Kier alpha value is -1.36. The Labute approximate surface area is 132 Å². The summed E-state index contributed by atoms with van der Waals surface area (Å²) in [7, 11) is 0. The Kier molecular flexibility index (Phi) is 4.05. The zero-order valence-electron chi connectivity index (χ0n) is 11.0. The van der Waals surface area contributed by atoms with Crippen molar-refractivity contribution in [3.8, 4) is 5.75 Å². The maximum absolute atomic E-state index is 12.4. The summed E-state index contributed by atoms with van der Waals surface area (Å²) in [6, 6.07) is 15.8. The van der Waals surface area contributed by atoms with Gasteiger partial charge in [0.2, 0.25) is 0 Å². The summed E-state index contributed by atoms with van der Waals surface area (Å²) in [5.41, 5.74) is 1.97. The molecule has 3 heteroatoms. The SMILES string of the molecule is O=C(CC1CCOc2ccccc21)c1cccc(I)c1. The van der Waals surface area contributed by atoms with Crippen molar-refractivity contribution in [1.29, 1.82) is 0 Å². The average molecular weight is 378 g/mol. The Morgan fingerprint density at radius 3 is 2.90 bits per heavy atom. The number of rotatable bonds is 3. The van der Waals surface area contributed by atoms with E-state index in [2.05, 4.69) is 28.7 Å². The second-order valence-electron chi connectivity index (χ2n) is 5.01. The summed E-state index contributed by atoms with van der Waals surface area (Å²) < 4.78 is 6.75. The smallest absolute Gasteiger partial charge is 0.163 e. The van der Waals surface area contributed by atoms with Gasteiger partial charge in [-0.2, -0.15) is 0 Å². The van der Waals surface area contributed by atoms with Crippen LogP contribution < -0.4 is 4.74 Å². The molecular weight excluding hydrogens is 363 g/mol. The number of para-hydroxylation sites is 1. The van der Waals surface area contributed by atoms with Crippen LogP contribution in [-0.4, -0.2) is 12.4 Å². The first-order valence-electron chi connectivity index (χ1n) is 6.74. The highest BCUT2D eigenvalue weighted by molar-refractivity contribution is 14.1. The first-order valence-corrected chi connectivity index (χ1v) is 7.82. The van der Waals surface area contributed by atoms with Crippen molar-refractivity contribution in [1.82, 2.24) is 0 Å². The van der Waals surface area contributed by atoms with Crippen LogP contribution in [0.5, 0.6) is 5.75 Å². The number of ketones is 1. The number of carbonyl (C=O) groups excluding carboxylic acids is 1. The molecule has 20 heavy (non-hydrogen) atoms. The van der Waals surface area contributed by atoms with Gasteiger partial charge in [0.25, 0.3) is 0 Å². The number of halogens is 1. The second kappa shape index (κ2) is 5.95. The van der Waals surface area contributed by atoms with E-state index in [1.807, 2.05) is 42.5 Å². The van der Waals surface area contributed by atoms with E-state index in [1.54, 1.807) is 0 Å². The standard InChI is InChI=1S/C17H15IO2/c18-14-5-3-4-13(10-14)16(19)11-12-8-9-20-17-7-2-1-6-15(12)17/h1-7,10,12H,8-9,11H2. The predicted molar refractivity (Wildman–Crippen MR) is 87.4 cm³/mol. The highest BCUT2D eigenvalue weighted by Crippen LogP contribution is 2.36. The first-order chi connectivity index (χ1) is 9.74. The topological polar surface area (TPSA) is 26.3 Å². The van der Waals surface area contributed by atoms with Gasteiger partial charge in [0.1, 0.15) is 5.75 Å². The molecule has 1 aliphatic heterocycles. The Balaban J connectivity index is 1.81. The van der Waals surface area contributed by atoms with E-state index >= 15 is 0 Å². The predicted octanol–water partition coefficient (Wildman–Crippen LogP) is 4.43. The fraction of sp³-hybridized carbons (Fsp3) is 0.235. The van der Waals surface area contributed by atoms with E-state index in [9.17, 15) is 4.79 Å². The number of benzene rings is 2. The Morgan fingerprint density at radius 1 is 1.20 bits per heavy atom. The molecule has 2 nitrogen and oxygen atoms in total. The van der Waals surface area contributed by atoms with Crippen LogP contribution in [0.25, 0.3) is 0 Å². The third-order valence-electron chi connectivity index (χ3n) is 3.66. The molecule has 0 aliphatic carbocycles. The fourth-order valence-corrected chi connectivity index (χ4v) is 3.17. The molecule has 0 amide bonds. The van der Waals surface area contributed by atoms with Crippen LogP contribution >= 0.6 is 22.6 Å². The molecule has 0 saturated carbocycles. The minimum Gasteiger partial charge on any atom is -0.493 e. The minimum absolute atomic E-state index is 0.213. The van der Waals surface area contributed by atoms with Gasteiger partial charge >= 0.3 is 0 Å². The number of Topliss-reactive ketones (excluding diaryl/α,β-unsaturated/α-hetero) is 1. The van der Waals surface area contributed by atoms with E-state index in [4.69, 9.17) is 4.74 Å². The largest absolute Gasteiger partial charge is 0.493 e. The molecule has 2 aromatic carbocycles. The third-order valence-corrected chi connectivity index (χ3v) is 4.33. The van der Waals surface area contributed by atoms with Gasteiger partial charge in [0.15, 0.2) is 5.78 Å². The van der Waals surface area contributed by atoms with Crippen molar-refractivity contribution >= 4 is 28.4 Å². The molecule has 1 aliphatic rings. The van der Waals surface area contributed by atoms with E-state index in [0.29, 0.717) is 13.0 Å². The quantitative estimate of drug-likeness (QED) is 0.584. The van der Waals surface area contributed by atoms with Crippen molar-refractivity contribution in [3.63, 3.8) is 0 Å². The molecule has 1 unspecified atom stereocenters. The van der Waals surface area contributed by atoms with E-state index < -0.39 is 0 Å². The zero-order chi connectivity index (χ0) is 13.9. The number of hydrogen-bond acceptors (Lipinski definition) is 2. The van der Waals surface area contributed by atoms with Gasteiger partial charge in [-0.05, 0) is 58.7 Å². The average Bonchev–Trinajstić information content (AvgIpc) is 2.47. The third kappa shape index (κ3) is 2.87. The first kappa shape index (κ1) is 13.6. The molecule has 0 aromatic heterocycles. The maximum Gasteiger partial charge on any atom is 0.163 e. The van der Waals surface area contributed by atoms with Crippen LogP contribution in [-0.2, 0) is 0 Å². The van der Waals surface area contributed by atoms with Crippen molar-refractivity contribution in [2.75, 3.05) is 6.61 Å². The summed E-state index contributed by atoms with van der Waals surface area (Å²) in [5, 5.41) is 0. The second-order valence-corrected chi connectivity index (χ2v) is 6.26. The van der Waals surface area contributed by atoms with Gasteiger partial charge in [-0.25, -0.2) is 0 Å². The number of carbonyl (C=O) groups is 1. The molecule has 0 N–H and O–H groups in total. The van der Waals surface area contributed by atoms with Crippen LogP contribution in [0.15, 0.2) is 48.5 Å². The lowest BCUT2D eigenvalue weighted by Crippen LogP contribution is -2.17. The molecule has 1 atom stereocenters. The van der Waals surface area contributed by atoms with Crippen molar-refractivity contribution < 1.29 is 9.53 Å². The van der Waals surface area contributed by atoms with Gasteiger partial charge in [-0.3, -0.25) is 4.79 Å². The molecule has 3 rings (SSSR count). The van der Waals surface area contributed by atoms with Crippen molar-refractivity contribution in [3.05, 3.63) is 63.2 Å². The molecular formula is C17H15IO2. The molecule has 0 spiro atoms. The molecule has 0 fully saturated rings. The highest BCUT2D eigenvalue weighted by Gasteiger charge is 2.23. The lowest BCUT2D eigenvalue weighted by Gasteiger charge is -2.25. The summed E-state index contributed by atoms with van der Waals surface area (Å²) >= 11 is 2.24. The Morgan fingerprint density at radius 2 is 2.05 bits per heavy atom. The zero-order valence-corrected chi connectivity index (χ0v) is 13.2. The van der Waals surface area contributed by atoms with E-state index in [-0.39, 0.29) is 11.7 Å². The minimum atomic E-state index is 0.213. The maximum atomic E-state index is 12.4. The molecule has 2 aromatic rings. The molecule has 0 radical (unpaired) electrons. The summed E-state index contributed by atoms with van der Waals surface area (Å²) in [5.74, 6) is 1.41. The summed E-state index contributed by atoms with van der Waals surface area (Å²) in [6.45, 7) is 0.696. The number of ether oxygens (including phenoxy) is 1. The van der Waals surface area contributed by atoms with Crippen LogP contribution in [0, 0.1) is 3.57 Å². The van der Waals surface area contributed by atoms with Crippen LogP contribution in [0.3, 0.4) is 0 Å². The summed E-state index contributed by atoms with van der Waals surface area (Å²) in [4.78, 5) is 12.4. The fourth-order valence-electron chi connectivity index (χ4n) is 2.63. The number of fused-ring (bicyclic) bond motifs is 1.